The van der Waals surface area contributed by atoms with Gasteiger partial charge in [0.25, 0.3) is 0 Å². The van der Waals surface area contributed by atoms with E-state index in [-0.39, 0.29) is 5.82 Å². The zero-order valence-electron chi connectivity index (χ0n) is 13.0. The minimum Gasteiger partial charge on any atom is -0.373 e. The van der Waals surface area contributed by atoms with Crippen molar-refractivity contribution in [3.05, 3.63) is 102 Å². The molecular formula is C21H16FNO. The zero-order chi connectivity index (χ0) is 16.8. The van der Waals surface area contributed by atoms with Gasteiger partial charge in [-0.05, 0) is 41.3 Å². The molecule has 1 N–H and O–H groups in total. The average molecular weight is 317 g/mol. The minimum atomic E-state index is -1.42. The number of aliphatic hydroxyl groups is 1. The summed E-state index contributed by atoms with van der Waals surface area (Å²) in [7, 11) is 0. The molecule has 0 bridgehead atoms. The first-order valence-corrected chi connectivity index (χ1v) is 7.62. The molecule has 0 saturated heterocycles. The Morgan fingerprint density at radius 3 is 2.29 bits per heavy atom. The molecule has 2 aromatic carbocycles. The maximum atomic E-state index is 13.2. The second kappa shape index (κ2) is 7.08. The van der Waals surface area contributed by atoms with Crippen molar-refractivity contribution in [2.24, 2.45) is 0 Å². The molecule has 1 heterocycles. The Bertz CT molecular complexity index is 851. The van der Waals surface area contributed by atoms with Gasteiger partial charge in [-0.2, -0.15) is 0 Å². The van der Waals surface area contributed by atoms with E-state index in [0.29, 0.717) is 17.7 Å². The van der Waals surface area contributed by atoms with Gasteiger partial charge >= 0.3 is 0 Å². The van der Waals surface area contributed by atoms with E-state index in [1.807, 2.05) is 36.4 Å². The summed E-state index contributed by atoms with van der Waals surface area (Å²) < 4.78 is 13.2. The highest BCUT2D eigenvalue weighted by atomic mass is 19.1. The molecule has 0 aliphatic carbocycles. The van der Waals surface area contributed by atoms with Gasteiger partial charge in [0.05, 0.1) is 0 Å². The largest absolute Gasteiger partial charge is 0.373 e. The maximum Gasteiger partial charge on any atom is 0.155 e. The van der Waals surface area contributed by atoms with Gasteiger partial charge in [0.2, 0.25) is 0 Å². The van der Waals surface area contributed by atoms with Crippen molar-refractivity contribution in [1.29, 1.82) is 0 Å². The minimum absolute atomic E-state index is 0.305. The molecule has 118 valence electrons. The van der Waals surface area contributed by atoms with E-state index in [1.165, 1.54) is 12.1 Å². The third-order valence-corrected chi connectivity index (χ3v) is 3.69. The first kappa shape index (κ1) is 15.9. The number of rotatable bonds is 3. The lowest BCUT2D eigenvalue weighted by molar-refractivity contribution is 0.101. The van der Waals surface area contributed by atoms with E-state index in [2.05, 4.69) is 16.8 Å². The fraction of sp³-hybridized carbons (Fsp3) is 0.0952. The fourth-order valence-corrected chi connectivity index (χ4v) is 2.44. The topological polar surface area (TPSA) is 33.1 Å². The second-order valence-electron chi connectivity index (χ2n) is 5.49. The average Bonchev–Trinajstić information content (AvgIpc) is 2.62. The van der Waals surface area contributed by atoms with Gasteiger partial charge in [-0.15, -0.1) is 0 Å². The van der Waals surface area contributed by atoms with Crippen molar-refractivity contribution in [2.45, 2.75) is 12.0 Å². The smallest absolute Gasteiger partial charge is 0.155 e. The quantitative estimate of drug-likeness (QED) is 0.747. The van der Waals surface area contributed by atoms with Crippen LogP contribution in [0.25, 0.3) is 0 Å². The number of hydrogen-bond acceptors (Lipinski definition) is 2. The van der Waals surface area contributed by atoms with Crippen molar-refractivity contribution in [1.82, 2.24) is 4.98 Å². The van der Waals surface area contributed by atoms with Crippen LogP contribution in [0.2, 0.25) is 0 Å². The molecule has 0 radical (unpaired) electrons. The first-order valence-electron chi connectivity index (χ1n) is 7.62. The summed E-state index contributed by atoms with van der Waals surface area (Å²) in [6, 6.07) is 20.8. The second-order valence-corrected chi connectivity index (χ2v) is 5.49. The van der Waals surface area contributed by atoms with Crippen LogP contribution in [0.15, 0.2) is 79.0 Å². The first-order chi connectivity index (χ1) is 11.7. The number of benzene rings is 2. The van der Waals surface area contributed by atoms with Gasteiger partial charge in [0, 0.05) is 12.6 Å². The zero-order valence-corrected chi connectivity index (χ0v) is 13.0. The molecule has 0 saturated carbocycles. The number of hydrogen-bond donors (Lipinski definition) is 1. The Balaban J connectivity index is 2.00. The molecular weight excluding hydrogens is 301 g/mol. The highest BCUT2D eigenvalue weighted by Gasteiger charge is 2.27. The van der Waals surface area contributed by atoms with Gasteiger partial charge in [-0.1, -0.05) is 54.5 Å². The number of pyridine rings is 1. The third kappa shape index (κ3) is 3.87. The van der Waals surface area contributed by atoms with Crippen LogP contribution in [0, 0.1) is 17.7 Å². The molecule has 1 aromatic heterocycles. The predicted octanol–water partition coefficient (Wildman–Crippen LogP) is 3.70. The van der Waals surface area contributed by atoms with Crippen molar-refractivity contribution in [2.75, 3.05) is 0 Å². The van der Waals surface area contributed by atoms with Crippen LogP contribution < -0.4 is 0 Å². The monoisotopic (exact) mass is 317 g/mol. The summed E-state index contributed by atoms with van der Waals surface area (Å²) in [6.45, 7) is 0. The molecule has 3 aromatic rings. The van der Waals surface area contributed by atoms with Crippen LogP contribution in [0.1, 0.15) is 16.8 Å². The Morgan fingerprint density at radius 1 is 0.917 bits per heavy atom. The molecule has 3 heteroatoms. The van der Waals surface area contributed by atoms with Gasteiger partial charge in [-0.25, -0.2) is 9.37 Å². The Kier molecular flexibility index (Phi) is 4.69. The van der Waals surface area contributed by atoms with Gasteiger partial charge in [0.1, 0.15) is 11.5 Å². The normalized spacial score (nSPS) is 12.8. The fourth-order valence-electron chi connectivity index (χ4n) is 2.44. The summed E-state index contributed by atoms with van der Waals surface area (Å²) in [5.74, 6) is 5.48. The molecule has 0 fully saturated rings. The molecule has 0 unspecified atom stereocenters. The van der Waals surface area contributed by atoms with Crippen molar-refractivity contribution in [3.63, 3.8) is 0 Å². The number of halogens is 1. The Morgan fingerprint density at radius 2 is 1.62 bits per heavy atom. The van der Waals surface area contributed by atoms with Gasteiger partial charge < -0.3 is 5.11 Å². The standard InChI is InChI=1S/C21H16FNO/c22-19-11-9-18(10-12-19)21(24,16-17-6-2-1-3-7-17)14-13-20-8-4-5-15-23-20/h1-12,15,24H,16H2/t21-/m0/s1. The summed E-state index contributed by atoms with van der Waals surface area (Å²) in [5, 5.41) is 11.2. The molecule has 3 rings (SSSR count). The van der Waals surface area contributed by atoms with Crippen LogP contribution in [0.5, 0.6) is 0 Å². The van der Waals surface area contributed by atoms with Crippen LogP contribution in [-0.2, 0) is 12.0 Å². The molecule has 1 atom stereocenters. The van der Waals surface area contributed by atoms with Crippen LogP contribution in [0.4, 0.5) is 4.39 Å². The number of aromatic nitrogens is 1. The Hall–Kier alpha value is -2.96. The molecule has 0 aliphatic heterocycles. The van der Waals surface area contributed by atoms with Crippen LogP contribution in [-0.4, -0.2) is 10.1 Å². The van der Waals surface area contributed by atoms with E-state index in [0.717, 1.165) is 5.56 Å². The Labute approximate surface area is 140 Å². The number of nitrogens with zero attached hydrogens (tertiary/aromatic N) is 1. The van der Waals surface area contributed by atoms with E-state index < -0.39 is 5.60 Å². The van der Waals surface area contributed by atoms with E-state index in [4.69, 9.17) is 0 Å². The molecule has 2 nitrogen and oxygen atoms in total. The summed E-state index contributed by atoms with van der Waals surface area (Å²) in [6.07, 6.45) is 1.96. The highest BCUT2D eigenvalue weighted by Crippen LogP contribution is 2.25. The highest BCUT2D eigenvalue weighted by molar-refractivity contribution is 5.39. The molecule has 24 heavy (non-hydrogen) atoms. The lowest BCUT2D eigenvalue weighted by atomic mass is 9.87. The third-order valence-electron chi connectivity index (χ3n) is 3.69. The molecule has 0 spiro atoms. The lowest BCUT2D eigenvalue weighted by Gasteiger charge is -2.23. The van der Waals surface area contributed by atoms with Crippen molar-refractivity contribution in [3.8, 4) is 11.8 Å². The van der Waals surface area contributed by atoms with Crippen LogP contribution >= 0.6 is 0 Å². The SMILES string of the molecule is O[C@@](C#Cc1ccccn1)(Cc1ccccc1)c1ccc(F)cc1. The van der Waals surface area contributed by atoms with E-state index in [9.17, 15) is 9.50 Å². The molecule has 0 amide bonds. The van der Waals surface area contributed by atoms with E-state index in [1.54, 1.807) is 30.5 Å². The summed E-state index contributed by atoms with van der Waals surface area (Å²) >= 11 is 0. The van der Waals surface area contributed by atoms with E-state index >= 15 is 0 Å². The van der Waals surface area contributed by atoms with Gasteiger partial charge in [-0.3, -0.25) is 0 Å². The van der Waals surface area contributed by atoms with Crippen LogP contribution in [0.3, 0.4) is 0 Å². The summed E-state index contributed by atoms with van der Waals surface area (Å²) in [5.41, 5.74) is 0.647. The molecule has 0 aliphatic rings. The van der Waals surface area contributed by atoms with Gasteiger partial charge in [0.15, 0.2) is 5.60 Å². The maximum absolute atomic E-state index is 13.2. The summed E-state index contributed by atoms with van der Waals surface area (Å²) in [4.78, 5) is 4.15. The predicted molar refractivity (Wildman–Crippen MR) is 91.6 cm³/mol. The van der Waals surface area contributed by atoms with Crippen molar-refractivity contribution >= 4 is 0 Å². The van der Waals surface area contributed by atoms with Crippen molar-refractivity contribution < 1.29 is 9.50 Å². The lowest BCUT2D eigenvalue weighted by Crippen LogP contribution is -2.26.